The third-order valence-corrected chi connectivity index (χ3v) is 2.81. The molecule has 0 atom stereocenters. The Morgan fingerprint density at radius 3 is 2.06 bits per heavy atom. The minimum atomic E-state index is -0.145. The standard InChI is InChI=1S/C15H15F/c1-10-4-6-12(3)14(8-10)13-7-5-11(2)9-15(13)16/h4-9H,1-3H3. The van der Waals surface area contributed by atoms with E-state index in [4.69, 9.17) is 0 Å². The summed E-state index contributed by atoms with van der Waals surface area (Å²) in [7, 11) is 0. The van der Waals surface area contributed by atoms with Gasteiger partial charge in [0.05, 0.1) is 0 Å². The van der Waals surface area contributed by atoms with E-state index in [0.29, 0.717) is 5.56 Å². The van der Waals surface area contributed by atoms with Crippen LogP contribution in [0.5, 0.6) is 0 Å². The fourth-order valence-corrected chi connectivity index (χ4v) is 1.86. The van der Waals surface area contributed by atoms with Gasteiger partial charge in [-0.05, 0) is 43.5 Å². The summed E-state index contributed by atoms with van der Waals surface area (Å²) < 4.78 is 13.8. The third kappa shape index (κ3) is 1.99. The molecule has 0 aliphatic rings. The molecule has 16 heavy (non-hydrogen) atoms. The van der Waals surface area contributed by atoms with Gasteiger partial charge >= 0.3 is 0 Å². The summed E-state index contributed by atoms with van der Waals surface area (Å²) in [5.74, 6) is -0.145. The molecule has 0 unspecified atom stereocenters. The summed E-state index contributed by atoms with van der Waals surface area (Å²) in [6.07, 6.45) is 0. The summed E-state index contributed by atoms with van der Waals surface area (Å²) >= 11 is 0. The maximum absolute atomic E-state index is 13.8. The Morgan fingerprint density at radius 2 is 1.38 bits per heavy atom. The van der Waals surface area contributed by atoms with Crippen LogP contribution in [0.2, 0.25) is 0 Å². The minimum Gasteiger partial charge on any atom is -0.206 e. The van der Waals surface area contributed by atoms with E-state index in [1.165, 1.54) is 0 Å². The van der Waals surface area contributed by atoms with E-state index < -0.39 is 0 Å². The van der Waals surface area contributed by atoms with Crippen LogP contribution in [0.3, 0.4) is 0 Å². The van der Waals surface area contributed by atoms with Crippen LogP contribution in [-0.2, 0) is 0 Å². The van der Waals surface area contributed by atoms with E-state index in [0.717, 1.165) is 22.3 Å². The van der Waals surface area contributed by atoms with Gasteiger partial charge in [-0.1, -0.05) is 35.9 Å². The highest BCUT2D eigenvalue weighted by Gasteiger charge is 2.07. The maximum atomic E-state index is 13.8. The third-order valence-electron chi connectivity index (χ3n) is 2.81. The van der Waals surface area contributed by atoms with Crippen LogP contribution in [0, 0.1) is 26.6 Å². The number of aryl methyl sites for hydroxylation is 3. The lowest BCUT2D eigenvalue weighted by atomic mass is 9.97. The molecule has 2 aromatic rings. The molecule has 0 aliphatic heterocycles. The van der Waals surface area contributed by atoms with E-state index in [1.54, 1.807) is 6.07 Å². The number of halogens is 1. The average Bonchev–Trinajstić information content (AvgIpc) is 2.22. The zero-order valence-electron chi connectivity index (χ0n) is 9.84. The quantitative estimate of drug-likeness (QED) is 0.659. The molecule has 0 nitrogen and oxygen atoms in total. The second kappa shape index (κ2) is 4.09. The average molecular weight is 214 g/mol. The Kier molecular flexibility index (Phi) is 2.78. The molecule has 0 saturated carbocycles. The molecule has 1 heteroatoms. The van der Waals surface area contributed by atoms with Crippen molar-refractivity contribution in [3.63, 3.8) is 0 Å². The molecule has 0 spiro atoms. The molecule has 0 radical (unpaired) electrons. The van der Waals surface area contributed by atoms with Gasteiger partial charge in [-0.3, -0.25) is 0 Å². The number of hydrogen-bond donors (Lipinski definition) is 0. The Morgan fingerprint density at radius 1 is 0.750 bits per heavy atom. The lowest BCUT2D eigenvalue weighted by molar-refractivity contribution is 0.630. The summed E-state index contributed by atoms with van der Waals surface area (Å²) in [5, 5.41) is 0. The van der Waals surface area contributed by atoms with Crippen molar-refractivity contribution in [2.24, 2.45) is 0 Å². The molecule has 0 aromatic heterocycles. The van der Waals surface area contributed by atoms with E-state index in [1.807, 2.05) is 51.1 Å². The molecular weight excluding hydrogens is 199 g/mol. The van der Waals surface area contributed by atoms with Crippen molar-refractivity contribution in [1.82, 2.24) is 0 Å². The predicted octanol–water partition coefficient (Wildman–Crippen LogP) is 4.42. The van der Waals surface area contributed by atoms with Gasteiger partial charge in [0.25, 0.3) is 0 Å². The van der Waals surface area contributed by atoms with Gasteiger partial charge in [0.2, 0.25) is 0 Å². The molecule has 0 bridgehead atoms. The van der Waals surface area contributed by atoms with Gasteiger partial charge in [0.15, 0.2) is 0 Å². The molecule has 82 valence electrons. The molecule has 0 heterocycles. The molecule has 0 saturated heterocycles. The molecule has 0 fully saturated rings. The monoisotopic (exact) mass is 214 g/mol. The second-order valence-electron chi connectivity index (χ2n) is 4.30. The topological polar surface area (TPSA) is 0 Å². The second-order valence-corrected chi connectivity index (χ2v) is 4.30. The first kappa shape index (κ1) is 10.9. The SMILES string of the molecule is Cc1ccc(-c2cc(C)ccc2C)c(F)c1. The van der Waals surface area contributed by atoms with Crippen LogP contribution < -0.4 is 0 Å². The molecule has 0 N–H and O–H groups in total. The van der Waals surface area contributed by atoms with Crippen molar-refractivity contribution in [3.05, 3.63) is 58.9 Å². The van der Waals surface area contributed by atoms with Crippen LogP contribution in [-0.4, -0.2) is 0 Å². The van der Waals surface area contributed by atoms with Gasteiger partial charge in [-0.2, -0.15) is 0 Å². The summed E-state index contributed by atoms with van der Waals surface area (Å²) in [4.78, 5) is 0. The highest BCUT2D eigenvalue weighted by Crippen LogP contribution is 2.27. The highest BCUT2D eigenvalue weighted by molar-refractivity contribution is 5.68. The van der Waals surface area contributed by atoms with Crippen molar-refractivity contribution < 1.29 is 4.39 Å². The van der Waals surface area contributed by atoms with Crippen molar-refractivity contribution >= 4 is 0 Å². The molecule has 0 aliphatic carbocycles. The molecule has 2 aromatic carbocycles. The Bertz CT molecular complexity index is 527. The molecular formula is C15H15F. The van der Waals surface area contributed by atoms with E-state index in [9.17, 15) is 4.39 Å². The molecule has 2 rings (SSSR count). The fourth-order valence-electron chi connectivity index (χ4n) is 1.86. The van der Waals surface area contributed by atoms with E-state index in [2.05, 4.69) is 0 Å². The van der Waals surface area contributed by atoms with Crippen LogP contribution in [0.25, 0.3) is 11.1 Å². The summed E-state index contributed by atoms with van der Waals surface area (Å²) in [6.45, 7) is 5.93. The minimum absolute atomic E-state index is 0.145. The normalized spacial score (nSPS) is 10.5. The van der Waals surface area contributed by atoms with Crippen LogP contribution >= 0.6 is 0 Å². The Labute approximate surface area is 95.7 Å². The number of hydrogen-bond acceptors (Lipinski definition) is 0. The summed E-state index contributed by atoms with van der Waals surface area (Å²) in [6, 6.07) is 11.5. The lowest BCUT2D eigenvalue weighted by Crippen LogP contribution is -1.89. The Hall–Kier alpha value is -1.63. The smallest absolute Gasteiger partial charge is 0.131 e. The first-order chi connectivity index (χ1) is 7.58. The first-order valence-electron chi connectivity index (χ1n) is 5.42. The zero-order chi connectivity index (χ0) is 11.7. The van der Waals surface area contributed by atoms with Crippen molar-refractivity contribution in [3.8, 4) is 11.1 Å². The van der Waals surface area contributed by atoms with Gasteiger partial charge in [0, 0.05) is 5.56 Å². The summed E-state index contributed by atoms with van der Waals surface area (Å²) in [5.41, 5.74) is 4.88. The largest absolute Gasteiger partial charge is 0.206 e. The van der Waals surface area contributed by atoms with Crippen molar-refractivity contribution in [2.45, 2.75) is 20.8 Å². The molecule has 0 amide bonds. The lowest BCUT2D eigenvalue weighted by Gasteiger charge is -2.09. The van der Waals surface area contributed by atoms with E-state index >= 15 is 0 Å². The Balaban J connectivity index is 2.62. The zero-order valence-corrected chi connectivity index (χ0v) is 9.84. The first-order valence-corrected chi connectivity index (χ1v) is 5.42. The highest BCUT2D eigenvalue weighted by atomic mass is 19.1. The van der Waals surface area contributed by atoms with Gasteiger partial charge in [-0.25, -0.2) is 4.39 Å². The van der Waals surface area contributed by atoms with Crippen LogP contribution in [0.4, 0.5) is 4.39 Å². The van der Waals surface area contributed by atoms with Gasteiger partial charge in [0.1, 0.15) is 5.82 Å². The predicted molar refractivity (Wildman–Crippen MR) is 66.0 cm³/mol. The van der Waals surface area contributed by atoms with Gasteiger partial charge < -0.3 is 0 Å². The van der Waals surface area contributed by atoms with E-state index in [-0.39, 0.29) is 5.82 Å². The number of rotatable bonds is 1. The van der Waals surface area contributed by atoms with Crippen LogP contribution in [0.15, 0.2) is 36.4 Å². The number of benzene rings is 2. The van der Waals surface area contributed by atoms with Gasteiger partial charge in [-0.15, -0.1) is 0 Å². The fraction of sp³-hybridized carbons (Fsp3) is 0.200. The maximum Gasteiger partial charge on any atom is 0.131 e. The van der Waals surface area contributed by atoms with Crippen LogP contribution in [0.1, 0.15) is 16.7 Å². The van der Waals surface area contributed by atoms with Crippen molar-refractivity contribution in [2.75, 3.05) is 0 Å². The van der Waals surface area contributed by atoms with Crippen molar-refractivity contribution in [1.29, 1.82) is 0 Å².